The smallest absolute Gasteiger partial charge is 0.416 e. The Morgan fingerprint density at radius 3 is 2.00 bits per heavy atom. The maximum absolute atomic E-state index is 11.7. The molecule has 3 rings (SSSR count). The molecule has 1 aliphatic carbocycles. The Bertz CT molecular complexity index is 696. The van der Waals surface area contributed by atoms with Crippen LogP contribution in [0, 0.1) is 0 Å². The van der Waals surface area contributed by atoms with E-state index >= 15 is 0 Å². The molecule has 0 atom stereocenters. The quantitative estimate of drug-likeness (QED) is 0.939. The molecular weight excluding hydrogens is 294 g/mol. The topological polar surface area (TPSA) is 64.6 Å². The number of alkyl carbamates (subject to hydrolysis) is 2. The summed E-state index contributed by atoms with van der Waals surface area (Å²) in [5.74, 6) is -0.0321. The van der Waals surface area contributed by atoms with Crippen LogP contribution in [0.25, 0.3) is 11.1 Å². The van der Waals surface area contributed by atoms with Crippen LogP contribution < -0.4 is 5.32 Å². The van der Waals surface area contributed by atoms with Crippen LogP contribution >= 0.6 is 0 Å². The fraction of sp³-hybridized carbons (Fsp3) is 0.222. The molecule has 0 aliphatic heterocycles. The normalized spacial score (nSPS) is 12.2. The highest BCUT2D eigenvalue weighted by Crippen LogP contribution is 2.44. The van der Waals surface area contributed by atoms with E-state index in [-0.39, 0.29) is 19.1 Å². The Balaban J connectivity index is 1.73. The van der Waals surface area contributed by atoms with E-state index in [0.717, 1.165) is 22.3 Å². The van der Waals surface area contributed by atoms with Crippen LogP contribution in [0.1, 0.15) is 24.0 Å². The first kappa shape index (κ1) is 15.1. The predicted octanol–water partition coefficient (Wildman–Crippen LogP) is 3.68. The van der Waals surface area contributed by atoms with Gasteiger partial charge < -0.3 is 9.47 Å². The second-order valence-electron chi connectivity index (χ2n) is 5.17. The summed E-state index contributed by atoms with van der Waals surface area (Å²) in [7, 11) is 0. The molecule has 118 valence electrons. The minimum Gasteiger partial charge on any atom is -0.449 e. The number of hydrogen-bond donors (Lipinski definition) is 1. The summed E-state index contributed by atoms with van der Waals surface area (Å²) in [6.07, 6.45) is -1.60. The molecule has 2 amide bonds. The van der Waals surface area contributed by atoms with E-state index in [4.69, 9.17) is 4.74 Å². The fourth-order valence-electron chi connectivity index (χ4n) is 2.89. The molecule has 0 aromatic heterocycles. The van der Waals surface area contributed by atoms with Gasteiger partial charge in [-0.3, -0.25) is 0 Å². The number of benzene rings is 2. The molecule has 5 heteroatoms. The first-order chi connectivity index (χ1) is 11.2. The van der Waals surface area contributed by atoms with E-state index in [2.05, 4.69) is 16.9 Å². The van der Waals surface area contributed by atoms with Crippen molar-refractivity contribution in [1.82, 2.24) is 5.32 Å². The number of carbonyl (C=O) groups excluding carboxylic acids is 2. The van der Waals surface area contributed by atoms with Gasteiger partial charge in [-0.15, -0.1) is 0 Å². The molecular formula is C18H17NO4. The minimum atomic E-state index is -0.801. The highest BCUT2D eigenvalue weighted by Gasteiger charge is 2.29. The molecule has 5 nitrogen and oxygen atoms in total. The molecule has 1 N–H and O–H groups in total. The number of ether oxygens (including phenoxy) is 2. The first-order valence-corrected chi connectivity index (χ1v) is 7.49. The summed E-state index contributed by atoms with van der Waals surface area (Å²) in [4.78, 5) is 22.9. The molecule has 1 aliphatic rings. The molecule has 0 unspecified atom stereocenters. The van der Waals surface area contributed by atoms with Gasteiger partial charge in [-0.2, -0.15) is 0 Å². The predicted molar refractivity (Wildman–Crippen MR) is 85.2 cm³/mol. The number of amides is 2. The molecule has 0 saturated carbocycles. The van der Waals surface area contributed by atoms with Crippen molar-refractivity contribution in [1.29, 1.82) is 0 Å². The summed E-state index contributed by atoms with van der Waals surface area (Å²) in [6.45, 7) is 2.03. The number of imide groups is 1. The third-order valence-corrected chi connectivity index (χ3v) is 3.82. The lowest BCUT2D eigenvalue weighted by molar-refractivity contribution is 0.125. The van der Waals surface area contributed by atoms with E-state index in [9.17, 15) is 9.59 Å². The Kier molecular flexibility index (Phi) is 4.28. The fourth-order valence-corrected chi connectivity index (χ4v) is 2.89. The highest BCUT2D eigenvalue weighted by atomic mass is 16.6. The summed E-state index contributed by atoms with van der Waals surface area (Å²) in [6, 6.07) is 16.1. The van der Waals surface area contributed by atoms with Crippen molar-refractivity contribution in [3.8, 4) is 11.1 Å². The number of nitrogens with one attached hydrogen (secondary N) is 1. The molecule has 0 fully saturated rings. The van der Waals surface area contributed by atoms with Gasteiger partial charge in [0.1, 0.15) is 6.61 Å². The van der Waals surface area contributed by atoms with Crippen molar-refractivity contribution in [3.63, 3.8) is 0 Å². The number of fused-ring (bicyclic) bond motifs is 3. The van der Waals surface area contributed by atoms with Crippen molar-refractivity contribution in [3.05, 3.63) is 59.7 Å². The van der Waals surface area contributed by atoms with Gasteiger partial charge in [-0.1, -0.05) is 48.5 Å². The Morgan fingerprint density at radius 1 is 0.913 bits per heavy atom. The minimum absolute atomic E-state index is 0.0321. The number of hydrogen-bond acceptors (Lipinski definition) is 4. The second kappa shape index (κ2) is 6.52. The number of rotatable bonds is 3. The van der Waals surface area contributed by atoms with Crippen molar-refractivity contribution >= 4 is 12.2 Å². The largest absolute Gasteiger partial charge is 0.449 e. The zero-order valence-corrected chi connectivity index (χ0v) is 12.7. The second-order valence-corrected chi connectivity index (χ2v) is 5.17. The molecule has 2 aromatic rings. The van der Waals surface area contributed by atoms with Gasteiger partial charge in [0.05, 0.1) is 6.61 Å². The molecule has 0 spiro atoms. The molecule has 2 aromatic carbocycles. The third kappa shape index (κ3) is 3.04. The molecule has 0 saturated heterocycles. The van der Waals surface area contributed by atoms with Crippen LogP contribution in [0.5, 0.6) is 0 Å². The van der Waals surface area contributed by atoms with Crippen molar-refractivity contribution in [2.75, 3.05) is 13.2 Å². The molecule has 0 radical (unpaired) electrons. The average molecular weight is 311 g/mol. The van der Waals surface area contributed by atoms with E-state index < -0.39 is 12.2 Å². The lowest BCUT2D eigenvalue weighted by Gasteiger charge is -2.14. The summed E-state index contributed by atoms with van der Waals surface area (Å²) in [5.41, 5.74) is 4.56. The molecule has 23 heavy (non-hydrogen) atoms. The highest BCUT2D eigenvalue weighted by molar-refractivity contribution is 5.87. The van der Waals surface area contributed by atoms with Crippen LogP contribution in [0.2, 0.25) is 0 Å². The lowest BCUT2D eigenvalue weighted by Crippen LogP contribution is -2.32. The maximum Gasteiger partial charge on any atom is 0.416 e. The van der Waals surface area contributed by atoms with Crippen LogP contribution in [0.3, 0.4) is 0 Å². The van der Waals surface area contributed by atoms with E-state index in [1.54, 1.807) is 6.92 Å². The Hall–Kier alpha value is -2.82. The Morgan fingerprint density at radius 2 is 1.43 bits per heavy atom. The van der Waals surface area contributed by atoms with Gasteiger partial charge >= 0.3 is 12.2 Å². The van der Waals surface area contributed by atoms with Crippen molar-refractivity contribution < 1.29 is 19.1 Å². The van der Waals surface area contributed by atoms with Crippen LogP contribution in [0.4, 0.5) is 9.59 Å². The van der Waals surface area contributed by atoms with E-state index in [1.807, 2.05) is 41.7 Å². The van der Waals surface area contributed by atoms with Gasteiger partial charge in [-0.05, 0) is 29.2 Å². The maximum atomic E-state index is 11.7. The van der Waals surface area contributed by atoms with Gasteiger partial charge in [0.2, 0.25) is 0 Å². The van der Waals surface area contributed by atoms with E-state index in [1.165, 1.54) is 0 Å². The van der Waals surface area contributed by atoms with Gasteiger partial charge in [0, 0.05) is 5.92 Å². The summed E-state index contributed by atoms with van der Waals surface area (Å²) in [5, 5.41) is 2.03. The van der Waals surface area contributed by atoms with Crippen molar-refractivity contribution in [2.24, 2.45) is 0 Å². The number of carbonyl (C=O) groups is 2. The van der Waals surface area contributed by atoms with Crippen LogP contribution in [-0.2, 0) is 9.47 Å². The lowest BCUT2D eigenvalue weighted by atomic mass is 9.98. The van der Waals surface area contributed by atoms with E-state index in [0.29, 0.717) is 0 Å². The average Bonchev–Trinajstić information content (AvgIpc) is 2.87. The van der Waals surface area contributed by atoms with Gasteiger partial charge in [-0.25, -0.2) is 14.9 Å². The SMILES string of the molecule is CCOC(=O)NC(=O)OCC1c2ccccc2-c2ccccc21. The van der Waals surface area contributed by atoms with Gasteiger partial charge in [0.25, 0.3) is 0 Å². The van der Waals surface area contributed by atoms with Crippen LogP contribution in [-0.4, -0.2) is 25.4 Å². The van der Waals surface area contributed by atoms with Gasteiger partial charge in [0.15, 0.2) is 0 Å². The van der Waals surface area contributed by atoms with Crippen LogP contribution in [0.15, 0.2) is 48.5 Å². The third-order valence-electron chi connectivity index (χ3n) is 3.82. The summed E-state index contributed by atoms with van der Waals surface area (Å²) >= 11 is 0. The molecule has 0 heterocycles. The standard InChI is InChI=1S/C18H17NO4/c1-2-22-17(20)19-18(21)23-11-16-14-9-5-3-7-12(14)13-8-4-6-10-15(13)16/h3-10,16H,2,11H2,1H3,(H,19,20,21). The zero-order valence-electron chi connectivity index (χ0n) is 12.7. The summed E-state index contributed by atoms with van der Waals surface area (Å²) < 4.78 is 9.85. The first-order valence-electron chi connectivity index (χ1n) is 7.49. The molecule has 0 bridgehead atoms. The Labute approximate surface area is 134 Å². The van der Waals surface area contributed by atoms with Crippen molar-refractivity contribution in [2.45, 2.75) is 12.8 Å². The zero-order chi connectivity index (χ0) is 16.2. The monoisotopic (exact) mass is 311 g/mol.